The largest absolute Gasteiger partial charge is 0.354 e. The van der Waals surface area contributed by atoms with Crippen molar-refractivity contribution in [3.8, 4) is 0 Å². The third-order valence-electron chi connectivity index (χ3n) is 5.59. The first-order valence-electron chi connectivity index (χ1n) is 10.0. The highest BCUT2D eigenvalue weighted by molar-refractivity contribution is 5.77. The second kappa shape index (κ2) is 8.74. The van der Waals surface area contributed by atoms with Gasteiger partial charge in [-0.05, 0) is 44.8 Å². The molecule has 1 fully saturated rings. The van der Waals surface area contributed by atoms with Crippen LogP contribution in [0, 0.1) is 18.7 Å². The van der Waals surface area contributed by atoms with E-state index in [0.29, 0.717) is 35.7 Å². The average Bonchev–Trinajstić information content (AvgIpc) is 3.13. The quantitative estimate of drug-likeness (QED) is 0.663. The Bertz CT molecular complexity index is 1100. The first-order chi connectivity index (χ1) is 14.5. The molecule has 0 atom stereocenters. The predicted octanol–water partition coefficient (Wildman–Crippen LogP) is 1.86. The lowest BCUT2D eigenvalue weighted by Crippen LogP contribution is -2.40. The molecule has 1 aliphatic rings. The third-order valence-corrected chi connectivity index (χ3v) is 5.59. The zero-order valence-corrected chi connectivity index (χ0v) is 16.8. The van der Waals surface area contributed by atoms with Crippen molar-refractivity contribution >= 4 is 17.0 Å². The van der Waals surface area contributed by atoms with Gasteiger partial charge in [0.25, 0.3) is 11.3 Å². The lowest BCUT2D eigenvalue weighted by Gasteiger charge is -2.32. The summed E-state index contributed by atoms with van der Waals surface area (Å²) in [6, 6.07) is 6.85. The van der Waals surface area contributed by atoms with Crippen LogP contribution in [0.25, 0.3) is 11.1 Å². The highest BCUT2D eigenvalue weighted by Gasteiger charge is 2.21. The van der Waals surface area contributed by atoms with Gasteiger partial charge in [0, 0.05) is 18.7 Å². The summed E-state index contributed by atoms with van der Waals surface area (Å²) in [4.78, 5) is 31.1. The Morgan fingerprint density at radius 2 is 2.07 bits per heavy atom. The van der Waals surface area contributed by atoms with E-state index in [1.807, 2.05) is 12.1 Å². The number of hydrogen-bond acceptors (Lipinski definition) is 6. The highest BCUT2D eigenvalue weighted by Crippen LogP contribution is 2.19. The summed E-state index contributed by atoms with van der Waals surface area (Å²) in [7, 11) is 0. The van der Waals surface area contributed by atoms with E-state index < -0.39 is 0 Å². The van der Waals surface area contributed by atoms with Gasteiger partial charge < -0.3 is 9.84 Å². The molecule has 158 valence electrons. The van der Waals surface area contributed by atoms with E-state index in [-0.39, 0.29) is 29.5 Å². The standard InChI is InChI=1S/C21H24FN5O3/c1-14-19-20(30-25-14)24-13-27(21(19)29)12-18(28)23-10-15-6-8-26(9-7-15)11-16-4-2-3-5-17(16)22/h2-5,13,15H,6-12H2,1H3,(H,23,28). The zero-order valence-electron chi connectivity index (χ0n) is 16.8. The molecule has 8 nitrogen and oxygen atoms in total. The second-order valence-corrected chi connectivity index (χ2v) is 7.74. The van der Waals surface area contributed by atoms with Crippen LogP contribution < -0.4 is 10.9 Å². The van der Waals surface area contributed by atoms with Gasteiger partial charge in [-0.3, -0.25) is 19.1 Å². The molecule has 2 aromatic heterocycles. The number of likely N-dealkylation sites (tertiary alicyclic amines) is 1. The van der Waals surface area contributed by atoms with E-state index in [0.717, 1.165) is 25.9 Å². The maximum Gasteiger partial charge on any atom is 0.267 e. The Hall–Kier alpha value is -3.07. The van der Waals surface area contributed by atoms with Crippen molar-refractivity contribution in [3.05, 3.63) is 58.0 Å². The zero-order chi connectivity index (χ0) is 21.1. The summed E-state index contributed by atoms with van der Waals surface area (Å²) in [5, 5.41) is 6.95. The number of hydrogen-bond donors (Lipinski definition) is 1. The third kappa shape index (κ3) is 4.40. The Morgan fingerprint density at radius 1 is 1.30 bits per heavy atom. The van der Waals surface area contributed by atoms with Gasteiger partial charge in [-0.25, -0.2) is 9.37 Å². The Balaban J connectivity index is 1.25. The number of carbonyl (C=O) groups is 1. The molecule has 1 amide bonds. The van der Waals surface area contributed by atoms with E-state index in [4.69, 9.17) is 4.52 Å². The van der Waals surface area contributed by atoms with Crippen LogP contribution in [0.15, 0.2) is 39.9 Å². The first kappa shape index (κ1) is 20.2. The van der Waals surface area contributed by atoms with Crippen LogP contribution in [-0.4, -0.2) is 45.1 Å². The number of piperidine rings is 1. The first-order valence-corrected chi connectivity index (χ1v) is 10.0. The molecular formula is C21H24FN5O3. The minimum absolute atomic E-state index is 0.0987. The number of nitrogens with one attached hydrogen (secondary N) is 1. The van der Waals surface area contributed by atoms with Crippen LogP contribution >= 0.6 is 0 Å². The predicted molar refractivity (Wildman–Crippen MR) is 108 cm³/mol. The van der Waals surface area contributed by atoms with Crippen molar-refractivity contribution in [2.45, 2.75) is 32.9 Å². The van der Waals surface area contributed by atoms with Crippen molar-refractivity contribution < 1.29 is 13.7 Å². The average molecular weight is 413 g/mol. The molecule has 0 saturated carbocycles. The minimum atomic E-state index is -0.338. The van der Waals surface area contributed by atoms with Crippen LogP contribution in [0.4, 0.5) is 4.39 Å². The van der Waals surface area contributed by atoms with Crippen LogP contribution in [0.5, 0.6) is 0 Å². The molecule has 0 spiro atoms. The molecule has 1 aromatic carbocycles. The summed E-state index contributed by atoms with van der Waals surface area (Å²) in [5.41, 5.74) is 1.01. The topological polar surface area (TPSA) is 93.3 Å². The van der Waals surface area contributed by atoms with Gasteiger partial charge in [-0.1, -0.05) is 23.4 Å². The van der Waals surface area contributed by atoms with Gasteiger partial charge in [0.05, 0.1) is 5.69 Å². The number of fused-ring (bicyclic) bond motifs is 1. The smallest absolute Gasteiger partial charge is 0.267 e. The van der Waals surface area contributed by atoms with E-state index >= 15 is 0 Å². The number of nitrogens with zero attached hydrogens (tertiary/aromatic N) is 4. The summed E-state index contributed by atoms with van der Waals surface area (Å²) in [6.45, 7) is 4.45. The van der Waals surface area contributed by atoms with Crippen LogP contribution in [0.3, 0.4) is 0 Å². The SMILES string of the molecule is Cc1noc2ncn(CC(=O)NCC3CCN(Cc4ccccc4F)CC3)c(=O)c12. The number of halogens is 1. The normalized spacial score (nSPS) is 15.5. The van der Waals surface area contributed by atoms with Crippen LogP contribution in [-0.2, 0) is 17.9 Å². The van der Waals surface area contributed by atoms with Crippen molar-refractivity contribution in [3.63, 3.8) is 0 Å². The molecule has 1 aliphatic heterocycles. The molecule has 0 bridgehead atoms. The molecule has 0 unspecified atom stereocenters. The van der Waals surface area contributed by atoms with Gasteiger partial charge >= 0.3 is 0 Å². The molecule has 4 rings (SSSR count). The van der Waals surface area contributed by atoms with Gasteiger partial charge in [-0.15, -0.1) is 0 Å². The Labute approximate surface area is 172 Å². The fraction of sp³-hybridized carbons (Fsp3) is 0.429. The van der Waals surface area contributed by atoms with E-state index in [1.54, 1.807) is 13.0 Å². The molecule has 9 heteroatoms. The molecule has 1 saturated heterocycles. The number of amides is 1. The van der Waals surface area contributed by atoms with Gasteiger partial charge in [0.1, 0.15) is 24.1 Å². The minimum Gasteiger partial charge on any atom is -0.354 e. The van der Waals surface area contributed by atoms with Crippen molar-refractivity contribution in [2.75, 3.05) is 19.6 Å². The maximum atomic E-state index is 13.8. The number of carbonyl (C=O) groups excluding carboxylic acids is 1. The summed E-state index contributed by atoms with van der Waals surface area (Å²) < 4.78 is 20.0. The van der Waals surface area contributed by atoms with Gasteiger partial charge in [0.2, 0.25) is 5.91 Å². The number of benzene rings is 1. The fourth-order valence-corrected chi connectivity index (χ4v) is 3.81. The molecule has 1 N–H and O–H groups in total. The van der Waals surface area contributed by atoms with Crippen LogP contribution in [0.2, 0.25) is 0 Å². The number of aryl methyl sites for hydroxylation is 1. The number of rotatable bonds is 6. The highest BCUT2D eigenvalue weighted by atomic mass is 19.1. The lowest BCUT2D eigenvalue weighted by atomic mass is 9.96. The van der Waals surface area contributed by atoms with Crippen molar-refractivity contribution in [1.29, 1.82) is 0 Å². The molecule has 0 radical (unpaired) electrons. The van der Waals surface area contributed by atoms with E-state index in [2.05, 4.69) is 20.4 Å². The van der Waals surface area contributed by atoms with Crippen LogP contribution in [0.1, 0.15) is 24.1 Å². The number of aromatic nitrogens is 3. The molecule has 30 heavy (non-hydrogen) atoms. The monoisotopic (exact) mass is 413 g/mol. The summed E-state index contributed by atoms with van der Waals surface area (Å²) in [6.07, 6.45) is 3.17. The van der Waals surface area contributed by atoms with Gasteiger partial charge in [0.15, 0.2) is 0 Å². The summed E-state index contributed by atoms with van der Waals surface area (Å²) >= 11 is 0. The van der Waals surface area contributed by atoms with E-state index in [9.17, 15) is 14.0 Å². The fourth-order valence-electron chi connectivity index (χ4n) is 3.81. The van der Waals surface area contributed by atoms with Gasteiger partial charge in [-0.2, -0.15) is 0 Å². The maximum absolute atomic E-state index is 13.8. The second-order valence-electron chi connectivity index (χ2n) is 7.74. The molecule has 3 aromatic rings. The Kier molecular flexibility index (Phi) is 5.89. The van der Waals surface area contributed by atoms with E-state index in [1.165, 1.54) is 17.0 Å². The molecule has 0 aliphatic carbocycles. The molecular weight excluding hydrogens is 389 g/mol. The molecule has 3 heterocycles. The lowest BCUT2D eigenvalue weighted by molar-refractivity contribution is -0.122. The van der Waals surface area contributed by atoms with Crippen molar-refractivity contribution in [2.24, 2.45) is 5.92 Å². The van der Waals surface area contributed by atoms with Crippen molar-refractivity contribution in [1.82, 2.24) is 24.9 Å². The Morgan fingerprint density at radius 3 is 2.83 bits per heavy atom. The summed E-state index contributed by atoms with van der Waals surface area (Å²) in [5.74, 6) is -0.0409.